The molecule has 1 aromatic carbocycles. The van der Waals surface area contributed by atoms with E-state index < -0.39 is 6.61 Å². The van der Waals surface area contributed by atoms with Gasteiger partial charge in [0.15, 0.2) is 0 Å². The van der Waals surface area contributed by atoms with E-state index in [4.69, 9.17) is 0 Å². The van der Waals surface area contributed by atoms with Crippen LogP contribution in [0.3, 0.4) is 0 Å². The summed E-state index contributed by atoms with van der Waals surface area (Å²) in [6, 6.07) is 5.62. The number of likely N-dealkylation sites (tertiary alicyclic amines) is 1. The number of alkyl halides is 2. The van der Waals surface area contributed by atoms with Crippen LogP contribution in [-0.2, 0) is 6.54 Å². The van der Waals surface area contributed by atoms with Gasteiger partial charge in [-0.2, -0.15) is 8.78 Å². The van der Waals surface area contributed by atoms with Crippen LogP contribution in [0.4, 0.5) is 8.78 Å². The molecule has 1 aliphatic rings. The van der Waals surface area contributed by atoms with Crippen LogP contribution in [0.15, 0.2) is 22.7 Å². The van der Waals surface area contributed by atoms with Gasteiger partial charge in [0.2, 0.25) is 0 Å². The summed E-state index contributed by atoms with van der Waals surface area (Å²) in [5.41, 5.74) is 0.788. The summed E-state index contributed by atoms with van der Waals surface area (Å²) in [5.74, 6) is 0.259. The number of benzene rings is 1. The summed E-state index contributed by atoms with van der Waals surface area (Å²) in [7, 11) is 1.96. The average molecular weight is 386 g/mol. The first kappa shape index (κ1) is 18.6. The van der Waals surface area contributed by atoms with Gasteiger partial charge >= 0.3 is 6.61 Å². The molecule has 1 saturated heterocycles. The number of piperidine rings is 1. The molecule has 0 aliphatic carbocycles. The maximum Gasteiger partial charge on any atom is 0.387 e. The highest BCUT2D eigenvalue weighted by molar-refractivity contribution is 9.10. The van der Waals surface area contributed by atoms with Crippen molar-refractivity contribution in [1.29, 1.82) is 0 Å². The molecule has 1 aliphatic heterocycles. The summed E-state index contributed by atoms with van der Waals surface area (Å²) < 4.78 is 30.3. The molecule has 2 rings (SSSR count). The second kappa shape index (κ2) is 8.88. The minimum absolute atomic E-state index is 0. The molecule has 3 nitrogen and oxygen atoms in total. The van der Waals surface area contributed by atoms with E-state index in [1.165, 1.54) is 0 Å². The molecule has 1 atom stereocenters. The molecular formula is C14H20BrClF2N2O. The molecule has 1 heterocycles. The van der Waals surface area contributed by atoms with Crippen molar-refractivity contribution in [3.63, 3.8) is 0 Å². The zero-order chi connectivity index (χ0) is 14.5. The molecule has 0 bridgehead atoms. The van der Waals surface area contributed by atoms with E-state index in [1.54, 1.807) is 12.1 Å². The number of nitrogens with zero attached hydrogens (tertiary/aromatic N) is 1. The van der Waals surface area contributed by atoms with Gasteiger partial charge in [-0.1, -0.05) is 15.9 Å². The molecule has 1 fully saturated rings. The van der Waals surface area contributed by atoms with Crippen molar-refractivity contribution in [2.75, 3.05) is 20.1 Å². The summed E-state index contributed by atoms with van der Waals surface area (Å²) in [6.45, 7) is -0.253. The van der Waals surface area contributed by atoms with Crippen LogP contribution in [0.5, 0.6) is 5.75 Å². The van der Waals surface area contributed by atoms with Gasteiger partial charge in [0.05, 0.1) is 0 Å². The fourth-order valence-corrected chi connectivity index (χ4v) is 2.97. The Morgan fingerprint density at radius 1 is 1.48 bits per heavy atom. The lowest BCUT2D eigenvalue weighted by Gasteiger charge is -2.32. The van der Waals surface area contributed by atoms with Crippen LogP contribution in [0.25, 0.3) is 0 Å². The Bertz CT molecular complexity index is 451. The standard InChI is InChI=1S/C14H19BrF2N2O.ClH/c1-18-12-3-2-6-19(9-12)8-10-7-11(15)4-5-13(10)20-14(16)17;/h4-5,7,12,14,18H,2-3,6,8-9H2,1H3;1H. The third kappa shape index (κ3) is 5.70. The zero-order valence-corrected chi connectivity index (χ0v) is 14.2. The Morgan fingerprint density at radius 2 is 2.24 bits per heavy atom. The van der Waals surface area contributed by atoms with Gasteiger partial charge in [-0.3, -0.25) is 4.90 Å². The molecule has 120 valence electrons. The molecule has 21 heavy (non-hydrogen) atoms. The highest BCUT2D eigenvalue weighted by Gasteiger charge is 2.20. The highest BCUT2D eigenvalue weighted by Crippen LogP contribution is 2.27. The van der Waals surface area contributed by atoms with Crippen LogP contribution in [0, 0.1) is 0 Å². The lowest BCUT2D eigenvalue weighted by Crippen LogP contribution is -2.43. The van der Waals surface area contributed by atoms with Crippen molar-refractivity contribution >= 4 is 28.3 Å². The fourth-order valence-electron chi connectivity index (χ4n) is 2.56. The molecule has 1 aromatic rings. The number of nitrogens with one attached hydrogen (secondary N) is 1. The topological polar surface area (TPSA) is 24.5 Å². The Balaban J connectivity index is 0.00000220. The molecule has 0 aromatic heterocycles. The number of rotatable bonds is 5. The van der Waals surface area contributed by atoms with Crippen molar-refractivity contribution in [3.8, 4) is 5.75 Å². The summed E-state index contributed by atoms with van der Waals surface area (Å²) >= 11 is 3.38. The largest absolute Gasteiger partial charge is 0.434 e. The van der Waals surface area contributed by atoms with E-state index in [0.29, 0.717) is 12.6 Å². The fraction of sp³-hybridized carbons (Fsp3) is 0.571. The second-order valence-corrected chi connectivity index (χ2v) is 5.91. The van der Waals surface area contributed by atoms with Crippen molar-refractivity contribution in [2.24, 2.45) is 0 Å². The van der Waals surface area contributed by atoms with Gasteiger partial charge in [0.1, 0.15) is 5.75 Å². The summed E-state index contributed by atoms with van der Waals surface area (Å²) in [5, 5.41) is 3.28. The van der Waals surface area contributed by atoms with Gasteiger partial charge in [0.25, 0.3) is 0 Å². The number of hydrogen-bond acceptors (Lipinski definition) is 3. The van der Waals surface area contributed by atoms with Crippen LogP contribution in [-0.4, -0.2) is 37.7 Å². The van der Waals surface area contributed by atoms with Gasteiger partial charge < -0.3 is 10.1 Å². The second-order valence-electron chi connectivity index (χ2n) is 4.99. The molecule has 1 unspecified atom stereocenters. The first-order valence-corrected chi connectivity index (χ1v) is 7.50. The number of hydrogen-bond donors (Lipinski definition) is 1. The molecular weight excluding hydrogens is 366 g/mol. The van der Waals surface area contributed by atoms with Crippen molar-refractivity contribution in [3.05, 3.63) is 28.2 Å². The molecule has 0 amide bonds. The van der Waals surface area contributed by atoms with E-state index in [0.717, 1.165) is 36.0 Å². The number of ether oxygens (including phenoxy) is 1. The van der Waals surface area contributed by atoms with Crippen LogP contribution in [0.1, 0.15) is 18.4 Å². The first-order valence-electron chi connectivity index (χ1n) is 6.71. The van der Waals surface area contributed by atoms with Crippen LogP contribution in [0.2, 0.25) is 0 Å². The maximum absolute atomic E-state index is 12.4. The summed E-state index contributed by atoms with van der Waals surface area (Å²) in [6.07, 6.45) is 2.27. The molecule has 1 N–H and O–H groups in total. The lowest BCUT2D eigenvalue weighted by molar-refractivity contribution is -0.0508. The predicted molar refractivity (Wildman–Crippen MR) is 85.4 cm³/mol. The van der Waals surface area contributed by atoms with Gasteiger partial charge in [-0.05, 0) is 44.6 Å². The normalized spacial score (nSPS) is 19.4. The quantitative estimate of drug-likeness (QED) is 0.837. The smallest absolute Gasteiger partial charge is 0.387 e. The number of halogens is 4. The van der Waals surface area contributed by atoms with Crippen molar-refractivity contribution < 1.29 is 13.5 Å². The van der Waals surface area contributed by atoms with Crippen molar-refractivity contribution in [1.82, 2.24) is 10.2 Å². The molecule has 7 heteroatoms. The molecule has 0 saturated carbocycles. The van der Waals surface area contributed by atoms with Gasteiger partial charge in [-0.15, -0.1) is 12.4 Å². The van der Waals surface area contributed by atoms with Crippen LogP contribution < -0.4 is 10.1 Å². The Hall–Kier alpha value is -0.430. The zero-order valence-electron chi connectivity index (χ0n) is 11.8. The monoisotopic (exact) mass is 384 g/mol. The van der Waals surface area contributed by atoms with E-state index in [1.807, 2.05) is 13.1 Å². The van der Waals surface area contributed by atoms with Gasteiger partial charge in [0, 0.05) is 29.2 Å². The SMILES string of the molecule is CNC1CCCN(Cc2cc(Br)ccc2OC(F)F)C1.Cl. The van der Waals surface area contributed by atoms with E-state index in [9.17, 15) is 8.78 Å². The van der Waals surface area contributed by atoms with E-state index in [-0.39, 0.29) is 18.2 Å². The third-order valence-corrected chi connectivity index (χ3v) is 4.04. The first-order chi connectivity index (χ1) is 9.58. The predicted octanol–water partition coefficient (Wildman–Crippen LogP) is 3.66. The van der Waals surface area contributed by atoms with E-state index in [2.05, 4.69) is 30.9 Å². The molecule has 0 spiro atoms. The van der Waals surface area contributed by atoms with Crippen molar-refractivity contribution in [2.45, 2.75) is 32.0 Å². The van der Waals surface area contributed by atoms with Gasteiger partial charge in [-0.25, -0.2) is 0 Å². The summed E-state index contributed by atoms with van der Waals surface area (Å²) in [4.78, 5) is 2.27. The highest BCUT2D eigenvalue weighted by atomic mass is 79.9. The molecule has 0 radical (unpaired) electrons. The van der Waals surface area contributed by atoms with E-state index >= 15 is 0 Å². The minimum atomic E-state index is -2.79. The Kier molecular flexibility index (Phi) is 7.87. The minimum Gasteiger partial charge on any atom is -0.434 e. The van der Waals surface area contributed by atoms with Crippen LogP contribution >= 0.6 is 28.3 Å². The average Bonchev–Trinajstić information content (AvgIpc) is 2.42. The Labute approximate surface area is 138 Å². The Morgan fingerprint density at radius 3 is 2.90 bits per heavy atom. The number of likely N-dealkylation sites (N-methyl/N-ethyl adjacent to an activating group) is 1. The third-order valence-electron chi connectivity index (χ3n) is 3.55. The lowest BCUT2D eigenvalue weighted by atomic mass is 10.0. The maximum atomic E-state index is 12.4.